The lowest BCUT2D eigenvalue weighted by Crippen LogP contribution is -2.68. The van der Waals surface area contributed by atoms with Gasteiger partial charge in [0.25, 0.3) is 5.91 Å². The van der Waals surface area contributed by atoms with Gasteiger partial charge in [-0.3, -0.25) is 4.79 Å². The van der Waals surface area contributed by atoms with Crippen LogP contribution in [0.25, 0.3) is 0 Å². The number of rotatable bonds is 3. The fourth-order valence-electron chi connectivity index (χ4n) is 2.57. The molecular formula is C14H20N2O2. The molecule has 4 heteroatoms. The predicted molar refractivity (Wildman–Crippen MR) is 70.6 cm³/mol. The number of phenolic OH excluding ortho intramolecular Hbond substituents is 1. The second-order valence-corrected chi connectivity index (χ2v) is 5.27. The summed E-state index contributed by atoms with van der Waals surface area (Å²) in [5.74, 6) is 0.191. The van der Waals surface area contributed by atoms with Gasteiger partial charge in [0.05, 0.1) is 5.54 Å². The van der Waals surface area contributed by atoms with Gasteiger partial charge in [-0.15, -0.1) is 0 Å². The molecule has 0 aromatic heterocycles. The van der Waals surface area contributed by atoms with Crippen LogP contribution in [0.4, 0.5) is 0 Å². The van der Waals surface area contributed by atoms with E-state index in [9.17, 15) is 9.90 Å². The van der Waals surface area contributed by atoms with E-state index in [0.717, 1.165) is 18.4 Å². The third kappa shape index (κ3) is 2.34. The molecule has 98 valence electrons. The van der Waals surface area contributed by atoms with Crippen molar-refractivity contribution in [2.75, 3.05) is 13.1 Å². The fourth-order valence-corrected chi connectivity index (χ4v) is 2.57. The van der Waals surface area contributed by atoms with Gasteiger partial charge >= 0.3 is 0 Å². The molecule has 1 amide bonds. The van der Waals surface area contributed by atoms with Gasteiger partial charge < -0.3 is 15.7 Å². The predicted octanol–water partition coefficient (Wildman–Crippen LogP) is 1.65. The van der Waals surface area contributed by atoms with Crippen molar-refractivity contribution in [3.05, 3.63) is 29.3 Å². The van der Waals surface area contributed by atoms with Crippen molar-refractivity contribution in [2.24, 2.45) is 5.73 Å². The number of aryl methyl sites for hydroxylation is 1. The molecule has 3 N–H and O–H groups in total. The molecule has 0 saturated carbocycles. The largest absolute Gasteiger partial charge is 0.508 e. The summed E-state index contributed by atoms with van der Waals surface area (Å²) in [5.41, 5.74) is 7.39. The zero-order chi connectivity index (χ0) is 13.3. The minimum atomic E-state index is -0.199. The number of amides is 1. The molecule has 1 aliphatic rings. The lowest BCUT2D eigenvalue weighted by Gasteiger charge is -2.48. The molecule has 0 spiro atoms. The van der Waals surface area contributed by atoms with Gasteiger partial charge in [-0.05, 0) is 37.1 Å². The van der Waals surface area contributed by atoms with Crippen molar-refractivity contribution in [3.8, 4) is 5.75 Å². The number of likely N-dealkylation sites (tertiary alicyclic amines) is 1. The number of benzene rings is 1. The Morgan fingerprint density at radius 1 is 1.50 bits per heavy atom. The van der Waals surface area contributed by atoms with E-state index in [-0.39, 0.29) is 17.2 Å². The Kier molecular flexibility index (Phi) is 3.30. The van der Waals surface area contributed by atoms with E-state index in [1.165, 1.54) is 0 Å². The Labute approximate surface area is 107 Å². The van der Waals surface area contributed by atoms with Crippen LogP contribution in [0.15, 0.2) is 18.2 Å². The summed E-state index contributed by atoms with van der Waals surface area (Å²) in [6, 6.07) is 4.82. The van der Waals surface area contributed by atoms with E-state index in [1.807, 2.05) is 6.92 Å². The summed E-state index contributed by atoms with van der Waals surface area (Å²) < 4.78 is 0. The highest BCUT2D eigenvalue weighted by molar-refractivity contribution is 5.96. The molecule has 0 radical (unpaired) electrons. The Bertz CT molecular complexity index is 465. The van der Waals surface area contributed by atoms with Gasteiger partial charge in [0.15, 0.2) is 0 Å². The molecule has 2 rings (SSSR count). The van der Waals surface area contributed by atoms with E-state index in [1.54, 1.807) is 23.1 Å². The summed E-state index contributed by atoms with van der Waals surface area (Å²) in [5, 5.41) is 9.34. The molecule has 0 unspecified atom stereocenters. The average molecular weight is 248 g/mol. The number of carbonyl (C=O) groups excluding carboxylic acids is 1. The first kappa shape index (κ1) is 12.9. The number of nitrogens with two attached hydrogens (primary N) is 1. The lowest BCUT2D eigenvalue weighted by atomic mass is 9.85. The van der Waals surface area contributed by atoms with E-state index < -0.39 is 0 Å². The Morgan fingerprint density at radius 3 is 2.72 bits per heavy atom. The highest BCUT2D eigenvalue weighted by atomic mass is 16.3. The van der Waals surface area contributed by atoms with Crippen molar-refractivity contribution >= 4 is 5.91 Å². The van der Waals surface area contributed by atoms with E-state index >= 15 is 0 Å². The van der Waals surface area contributed by atoms with Gasteiger partial charge in [0, 0.05) is 18.7 Å². The molecule has 1 aliphatic heterocycles. The van der Waals surface area contributed by atoms with Crippen molar-refractivity contribution in [1.82, 2.24) is 4.90 Å². The van der Waals surface area contributed by atoms with Gasteiger partial charge in [0.1, 0.15) is 5.75 Å². The van der Waals surface area contributed by atoms with Crippen LogP contribution in [-0.4, -0.2) is 34.5 Å². The number of carbonyl (C=O) groups is 1. The van der Waals surface area contributed by atoms with Gasteiger partial charge in [-0.25, -0.2) is 0 Å². The van der Waals surface area contributed by atoms with Gasteiger partial charge in [-0.2, -0.15) is 0 Å². The molecule has 0 atom stereocenters. The maximum Gasteiger partial charge on any atom is 0.254 e. The zero-order valence-corrected chi connectivity index (χ0v) is 10.9. The number of hydrogen-bond acceptors (Lipinski definition) is 3. The zero-order valence-electron chi connectivity index (χ0n) is 10.9. The number of hydrogen-bond donors (Lipinski definition) is 2. The Morgan fingerprint density at radius 2 is 2.17 bits per heavy atom. The smallest absolute Gasteiger partial charge is 0.254 e. The molecule has 1 saturated heterocycles. The van der Waals surface area contributed by atoms with Gasteiger partial charge in [0.2, 0.25) is 0 Å². The molecule has 4 nitrogen and oxygen atoms in total. The summed E-state index contributed by atoms with van der Waals surface area (Å²) in [6.45, 7) is 5.18. The van der Waals surface area contributed by atoms with Crippen molar-refractivity contribution in [2.45, 2.75) is 32.2 Å². The quantitative estimate of drug-likeness (QED) is 0.854. The summed E-state index contributed by atoms with van der Waals surface area (Å²) in [4.78, 5) is 14.0. The number of aromatic hydroxyl groups is 1. The molecule has 1 aromatic carbocycles. The fraction of sp³-hybridized carbons (Fsp3) is 0.500. The normalized spacial score (nSPS) is 17.4. The van der Waals surface area contributed by atoms with Crippen LogP contribution in [0, 0.1) is 6.92 Å². The molecule has 1 heterocycles. The lowest BCUT2D eigenvalue weighted by molar-refractivity contribution is 0.0386. The SMILES string of the molecule is CCCC1(N)CN(C(=O)c2ccc(O)cc2C)C1. The van der Waals surface area contributed by atoms with Crippen molar-refractivity contribution < 1.29 is 9.90 Å². The van der Waals surface area contributed by atoms with Crippen LogP contribution < -0.4 is 5.73 Å². The van der Waals surface area contributed by atoms with Crippen molar-refractivity contribution in [3.63, 3.8) is 0 Å². The second-order valence-electron chi connectivity index (χ2n) is 5.27. The number of nitrogens with zero attached hydrogens (tertiary/aromatic N) is 1. The maximum atomic E-state index is 12.2. The molecule has 1 aromatic rings. The standard InChI is InChI=1S/C14H20N2O2/c1-3-6-14(15)8-16(9-14)13(18)12-5-4-11(17)7-10(12)2/h4-5,7,17H,3,6,8-9,15H2,1-2H3. The molecule has 0 aliphatic carbocycles. The van der Waals surface area contributed by atoms with Crippen LogP contribution >= 0.6 is 0 Å². The molecule has 18 heavy (non-hydrogen) atoms. The highest BCUT2D eigenvalue weighted by Crippen LogP contribution is 2.26. The number of phenols is 1. The Balaban J connectivity index is 2.06. The first-order valence-corrected chi connectivity index (χ1v) is 6.33. The van der Waals surface area contributed by atoms with Crippen LogP contribution in [0.3, 0.4) is 0 Å². The van der Waals surface area contributed by atoms with E-state index in [0.29, 0.717) is 18.7 Å². The first-order chi connectivity index (χ1) is 8.45. The van der Waals surface area contributed by atoms with Crippen LogP contribution in [-0.2, 0) is 0 Å². The maximum absolute atomic E-state index is 12.2. The molecular weight excluding hydrogens is 228 g/mol. The van der Waals surface area contributed by atoms with E-state index in [2.05, 4.69) is 6.92 Å². The molecule has 1 fully saturated rings. The Hall–Kier alpha value is -1.55. The van der Waals surface area contributed by atoms with Crippen molar-refractivity contribution in [1.29, 1.82) is 0 Å². The van der Waals surface area contributed by atoms with Crippen LogP contribution in [0.5, 0.6) is 5.75 Å². The topological polar surface area (TPSA) is 66.6 Å². The molecule has 0 bridgehead atoms. The summed E-state index contributed by atoms with van der Waals surface area (Å²) in [6.07, 6.45) is 1.99. The van der Waals surface area contributed by atoms with E-state index in [4.69, 9.17) is 5.73 Å². The summed E-state index contributed by atoms with van der Waals surface area (Å²) >= 11 is 0. The van der Waals surface area contributed by atoms with Gasteiger partial charge in [-0.1, -0.05) is 13.3 Å². The first-order valence-electron chi connectivity index (χ1n) is 6.33. The minimum Gasteiger partial charge on any atom is -0.508 e. The third-order valence-corrected chi connectivity index (χ3v) is 3.49. The van der Waals surface area contributed by atoms with Crippen LogP contribution in [0.2, 0.25) is 0 Å². The minimum absolute atomic E-state index is 0.00433. The average Bonchev–Trinajstić information content (AvgIpc) is 2.25. The second kappa shape index (κ2) is 4.61. The van der Waals surface area contributed by atoms with Crippen LogP contribution in [0.1, 0.15) is 35.7 Å². The highest BCUT2D eigenvalue weighted by Gasteiger charge is 2.41. The third-order valence-electron chi connectivity index (χ3n) is 3.49. The monoisotopic (exact) mass is 248 g/mol. The summed E-state index contributed by atoms with van der Waals surface area (Å²) in [7, 11) is 0.